The minimum absolute atomic E-state index is 0.588. The fourth-order valence-corrected chi connectivity index (χ4v) is 3.30. The highest BCUT2D eigenvalue weighted by molar-refractivity contribution is 5.81. The number of ether oxygens (including phenoxy) is 2. The molecule has 2 N–H and O–H groups in total. The Kier molecular flexibility index (Phi) is 4.45. The number of imidazole rings is 1. The van der Waals surface area contributed by atoms with Crippen molar-refractivity contribution in [2.75, 3.05) is 18.9 Å². The monoisotopic (exact) mass is 351 g/mol. The molecule has 2 heterocycles. The highest BCUT2D eigenvalue weighted by Crippen LogP contribution is 2.35. The van der Waals surface area contributed by atoms with E-state index in [1.54, 1.807) is 0 Å². The van der Waals surface area contributed by atoms with E-state index in [0.29, 0.717) is 19.1 Å². The van der Waals surface area contributed by atoms with Gasteiger partial charge in [0.2, 0.25) is 0 Å². The summed E-state index contributed by atoms with van der Waals surface area (Å²) < 4.78 is 13.8. The molecule has 4 rings (SSSR count). The van der Waals surface area contributed by atoms with Crippen molar-refractivity contribution in [1.82, 2.24) is 9.55 Å². The van der Waals surface area contributed by atoms with Crippen LogP contribution in [0.15, 0.2) is 36.4 Å². The smallest absolute Gasteiger partial charge is 0.163 e. The van der Waals surface area contributed by atoms with Gasteiger partial charge >= 0.3 is 0 Å². The largest absolute Gasteiger partial charge is 0.486 e. The van der Waals surface area contributed by atoms with Crippen molar-refractivity contribution in [1.29, 1.82) is 0 Å². The zero-order valence-corrected chi connectivity index (χ0v) is 15.4. The van der Waals surface area contributed by atoms with Gasteiger partial charge in [-0.3, -0.25) is 0 Å². The predicted octanol–water partition coefficient (Wildman–Crippen LogP) is 4.03. The summed E-state index contributed by atoms with van der Waals surface area (Å²) in [6.45, 7) is 6.62. The third-order valence-corrected chi connectivity index (χ3v) is 4.76. The van der Waals surface area contributed by atoms with E-state index in [2.05, 4.69) is 36.6 Å². The number of nitrogens with zero attached hydrogens (tertiary/aromatic N) is 2. The van der Waals surface area contributed by atoms with Gasteiger partial charge in [0.05, 0.1) is 11.0 Å². The lowest BCUT2D eigenvalue weighted by molar-refractivity contribution is 0.172. The van der Waals surface area contributed by atoms with E-state index < -0.39 is 0 Å². The molecule has 0 atom stereocenters. The number of nitrogens with two attached hydrogens (primary N) is 1. The van der Waals surface area contributed by atoms with Crippen molar-refractivity contribution in [3.63, 3.8) is 0 Å². The molecular formula is C21H25N3O2. The van der Waals surface area contributed by atoms with Gasteiger partial charge in [0.15, 0.2) is 11.5 Å². The SMILES string of the molecule is CC(C)CCn1c(Cc2ccc(N)cc2)nc2cc3c(cc21)OCCO3. The number of anilines is 1. The Morgan fingerprint density at radius 2 is 1.77 bits per heavy atom. The highest BCUT2D eigenvalue weighted by Gasteiger charge is 2.18. The van der Waals surface area contributed by atoms with Gasteiger partial charge in [0.25, 0.3) is 0 Å². The Morgan fingerprint density at radius 3 is 2.46 bits per heavy atom. The second kappa shape index (κ2) is 6.90. The Bertz CT molecular complexity index is 913. The molecule has 0 spiro atoms. The van der Waals surface area contributed by atoms with Crippen LogP contribution in [-0.4, -0.2) is 22.8 Å². The maximum Gasteiger partial charge on any atom is 0.163 e. The van der Waals surface area contributed by atoms with Crippen LogP contribution in [0.4, 0.5) is 5.69 Å². The summed E-state index contributed by atoms with van der Waals surface area (Å²) in [7, 11) is 0. The van der Waals surface area contributed by atoms with Gasteiger partial charge in [-0.1, -0.05) is 26.0 Å². The molecule has 2 aromatic carbocycles. The van der Waals surface area contributed by atoms with Crippen LogP contribution in [0.1, 0.15) is 31.7 Å². The number of aryl methyl sites for hydroxylation is 1. The molecule has 0 saturated carbocycles. The van der Waals surface area contributed by atoms with Crippen molar-refractivity contribution in [2.45, 2.75) is 33.2 Å². The molecule has 0 amide bonds. The third kappa shape index (κ3) is 3.34. The average molecular weight is 351 g/mol. The van der Waals surface area contributed by atoms with E-state index in [1.165, 1.54) is 5.56 Å². The normalized spacial score (nSPS) is 13.5. The first kappa shape index (κ1) is 16.8. The van der Waals surface area contributed by atoms with Crippen LogP contribution in [0.3, 0.4) is 0 Å². The number of benzene rings is 2. The number of aromatic nitrogens is 2. The van der Waals surface area contributed by atoms with E-state index in [-0.39, 0.29) is 0 Å². The topological polar surface area (TPSA) is 62.3 Å². The molecule has 26 heavy (non-hydrogen) atoms. The summed E-state index contributed by atoms with van der Waals surface area (Å²) in [6, 6.07) is 12.1. The van der Waals surface area contributed by atoms with E-state index in [4.69, 9.17) is 20.2 Å². The molecule has 0 radical (unpaired) electrons. The first-order valence-electron chi connectivity index (χ1n) is 9.23. The fraction of sp³-hybridized carbons (Fsp3) is 0.381. The molecular weight excluding hydrogens is 326 g/mol. The summed E-state index contributed by atoms with van der Waals surface area (Å²) >= 11 is 0. The van der Waals surface area contributed by atoms with Gasteiger partial charge in [-0.05, 0) is 30.0 Å². The molecule has 1 aromatic heterocycles. The summed E-state index contributed by atoms with van der Waals surface area (Å²) in [6.07, 6.45) is 1.88. The summed E-state index contributed by atoms with van der Waals surface area (Å²) in [4.78, 5) is 4.91. The van der Waals surface area contributed by atoms with Crippen molar-refractivity contribution in [3.8, 4) is 11.5 Å². The Labute approximate surface area is 153 Å². The number of rotatable bonds is 5. The summed E-state index contributed by atoms with van der Waals surface area (Å²) in [5.74, 6) is 3.30. The van der Waals surface area contributed by atoms with Gasteiger partial charge < -0.3 is 19.8 Å². The van der Waals surface area contributed by atoms with Crippen LogP contribution >= 0.6 is 0 Å². The van der Waals surface area contributed by atoms with Crippen molar-refractivity contribution in [3.05, 3.63) is 47.8 Å². The minimum atomic E-state index is 0.588. The van der Waals surface area contributed by atoms with Crippen LogP contribution < -0.4 is 15.2 Å². The van der Waals surface area contributed by atoms with Gasteiger partial charge in [0.1, 0.15) is 19.0 Å². The molecule has 5 heteroatoms. The van der Waals surface area contributed by atoms with Gasteiger partial charge in [0, 0.05) is 30.8 Å². The van der Waals surface area contributed by atoms with Gasteiger partial charge in [-0.25, -0.2) is 4.98 Å². The molecule has 5 nitrogen and oxygen atoms in total. The lowest BCUT2D eigenvalue weighted by Crippen LogP contribution is -2.15. The maximum atomic E-state index is 5.81. The quantitative estimate of drug-likeness (QED) is 0.705. The molecule has 0 fully saturated rings. The second-order valence-corrected chi connectivity index (χ2v) is 7.27. The molecule has 0 bridgehead atoms. The molecule has 0 saturated heterocycles. The average Bonchev–Trinajstić information content (AvgIpc) is 2.96. The van der Waals surface area contributed by atoms with Crippen molar-refractivity contribution < 1.29 is 9.47 Å². The molecule has 0 aliphatic carbocycles. The lowest BCUT2D eigenvalue weighted by atomic mass is 10.1. The third-order valence-electron chi connectivity index (χ3n) is 4.76. The van der Waals surface area contributed by atoms with Crippen LogP contribution in [-0.2, 0) is 13.0 Å². The zero-order chi connectivity index (χ0) is 18.1. The first-order chi connectivity index (χ1) is 12.6. The number of hydrogen-bond donors (Lipinski definition) is 1. The molecule has 136 valence electrons. The molecule has 0 unspecified atom stereocenters. The standard InChI is InChI=1S/C21H25N3O2/c1-14(2)7-8-24-18-13-20-19(25-9-10-26-20)12-17(18)23-21(24)11-15-3-5-16(22)6-4-15/h3-6,12-14H,7-11,22H2,1-2H3. The van der Waals surface area contributed by atoms with E-state index in [1.807, 2.05) is 18.2 Å². The van der Waals surface area contributed by atoms with Crippen LogP contribution in [0.5, 0.6) is 11.5 Å². The predicted molar refractivity (Wildman–Crippen MR) is 104 cm³/mol. The zero-order valence-electron chi connectivity index (χ0n) is 15.4. The summed E-state index contributed by atoms with van der Waals surface area (Å²) in [5, 5.41) is 0. The fourth-order valence-electron chi connectivity index (χ4n) is 3.30. The number of fused-ring (bicyclic) bond motifs is 2. The van der Waals surface area contributed by atoms with Crippen LogP contribution in [0, 0.1) is 5.92 Å². The Hall–Kier alpha value is -2.69. The lowest BCUT2D eigenvalue weighted by Gasteiger charge is -2.18. The second-order valence-electron chi connectivity index (χ2n) is 7.27. The Morgan fingerprint density at radius 1 is 1.08 bits per heavy atom. The number of nitrogen functional groups attached to an aromatic ring is 1. The van der Waals surface area contributed by atoms with Crippen LogP contribution in [0.25, 0.3) is 11.0 Å². The molecule has 1 aliphatic rings. The van der Waals surface area contributed by atoms with Crippen molar-refractivity contribution in [2.24, 2.45) is 5.92 Å². The number of hydrogen-bond acceptors (Lipinski definition) is 4. The molecule has 1 aliphatic heterocycles. The van der Waals surface area contributed by atoms with Crippen LogP contribution in [0.2, 0.25) is 0 Å². The van der Waals surface area contributed by atoms with Crippen molar-refractivity contribution >= 4 is 16.7 Å². The van der Waals surface area contributed by atoms with Gasteiger partial charge in [-0.2, -0.15) is 0 Å². The van der Waals surface area contributed by atoms with E-state index >= 15 is 0 Å². The highest BCUT2D eigenvalue weighted by atomic mass is 16.6. The van der Waals surface area contributed by atoms with E-state index in [9.17, 15) is 0 Å². The maximum absolute atomic E-state index is 5.81. The minimum Gasteiger partial charge on any atom is -0.486 e. The molecule has 3 aromatic rings. The summed E-state index contributed by atoms with van der Waals surface area (Å²) in [5.41, 5.74) is 9.87. The van der Waals surface area contributed by atoms with E-state index in [0.717, 1.165) is 53.4 Å². The van der Waals surface area contributed by atoms with Gasteiger partial charge in [-0.15, -0.1) is 0 Å². The Balaban J connectivity index is 1.76. The first-order valence-corrected chi connectivity index (χ1v) is 9.23.